The number of benzene rings is 2. The number of nitrogens with one attached hydrogen (secondary N) is 2. The van der Waals surface area contributed by atoms with Crippen molar-refractivity contribution in [2.24, 2.45) is 0 Å². The van der Waals surface area contributed by atoms with Gasteiger partial charge in [0.25, 0.3) is 11.8 Å². The summed E-state index contributed by atoms with van der Waals surface area (Å²) >= 11 is 12.0. The van der Waals surface area contributed by atoms with Crippen LogP contribution in [-0.2, 0) is 9.53 Å². The van der Waals surface area contributed by atoms with E-state index in [4.69, 9.17) is 27.9 Å². The highest BCUT2D eigenvalue weighted by Gasteiger charge is 2.30. The number of aromatic nitrogens is 1. The standard InChI is InChI=1S/C31H33Cl2N5O5.ClH/c32-22-8-9-27(34-19-22)35-30(41)25-17-23(33)18-26(39)28(25)36-29(40)21-6-4-20(5-7-21)24-3-1-11-38(31(24)42)13-12-37-10-2-15-43-16-14-37;/h4-9,17-19,24,39H,1-3,10-16H2,(H,36,40)(H,34,35,41);1H. The van der Waals surface area contributed by atoms with Crippen LogP contribution in [0.4, 0.5) is 11.5 Å². The van der Waals surface area contributed by atoms with Gasteiger partial charge in [-0.2, -0.15) is 0 Å². The molecule has 0 aliphatic carbocycles. The summed E-state index contributed by atoms with van der Waals surface area (Å²) in [6.07, 6.45) is 4.04. The van der Waals surface area contributed by atoms with Gasteiger partial charge in [-0.25, -0.2) is 4.98 Å². The van der Waals surface area contributed by atoms with E-state index in [1.54, 1.807) is 30.3 Å². The first-order valence-electron chi connectivity index (χ1n) is 14.2. The number of anilines is 2. The van der Waals surface area contributed by atoms with E-state index in [1.807, 2.05) is 4.90 Å². The molecule has 13 heteroatoms. The third kappa shape index (κ3) is 8.40. The van der Waals surface area contributed by atoms with Gasteiger partial charge in [0.1, 0.15) is 11.6 Å². The number of nitrogens with zero attached hydrogens (tertiary/aromatic N) is 3. The molecular formula is C31H34Cl3N5O5. The van der Waals surface area contributed by atoms with Crippen LogP contribution < -0.4 is 10.6 Å². The van der Waals surface area contributed by atoms with Crippen LogP contribution >= 0.6 is 35.6 Å². The van der Waals surface area contributed by atoms with Crippen LogP contribution in [0.15, 0.2) is 54.7 Å². The predicted molar refractivity (Wildman–Crippen MR) is 172 cm³/mol. The van der Waals surface area contributed by atoms with Crippen LogP contribution in [0.3, 0.4) is 0 Å². The number of carbonyl (C=O) groups is 3. The highest BCUT2D eigenvalue weighted by atomic mass is 35.5. The molecule has 5 rings (SSSR count). The Balaban J connectivity index is 0.00000442. The Hall–Kier alpha value is -3.41. The lowest BCUT2D eigenvalue weighted by Crippen LogP contribution is -2.44. The quantitative estimate of drug-likeness (QED) is 0.274. The summed E-state index contributed by atoms with van der Waals surface area (Å²) in [5.74, 6) is -1.48. The lowest BCUT2D eigenvalue weighted by atomic mass is 9.89. The molecule has 2 aromatic carbocycles. The third-order valence-electron chi connectivity index (χ3n) is 7.64. The number of phenols is 1. The van der Waals surface area contributed by atoms with Crippen molar-refractivity contribution in [3.8, 4) is 5.75 Å². The van der Waals surface area contributed by atoms with E-state index in [-0.39, 0.29) is 52.1 Å². The van der Waals surface area contributed by atoms with E-state index >= 15 is 0 Å². The molecule has 2 aliphatic heterocycles. The Kier molecular flexibility index (Phi) is 11.8. The Morgan fingerprint density at radius 3 is 2.48 bits per heavy atom. The van der Waals surface area contributed by atoms with Crippen LogP contribution in [-0.4, -0.2) is 83.5 Å². The summed E-state index contributed by atoms with van der Waals surface area (Å²) < 4.78 is 5.53. The van der Waals surface area contributed by atoms with E-state index < -0.39 is 11.8 Å². The molecule has 0 saturated carbocycles. The number of aromatic hydroxyl groups is 1. The summed E-state index contributed by atoms with van der Waals surface area (Å²) in [6, 6.07) is 12.5. The average Bonchev–Trinajstić information content (AvgIpc) is 3.28. The first-order valence-corrected chi connectivity index (χ1v) is 15.0. The van der Waals surface area contributed by atoms with Gasteiger partial charge < -0.3 is 25.4 Å². The largest absolute Gasteiger partial charge is 0.506 e. The van der Waals surface area contributed by atoms with Gasteiger partial charge in [0.15, 0.2) is 0 Å². The summed E-state index contributed by atoms with van der Waals surface area (Å²) in [5.41, 5.74) is 0.998. The Bertz CT molecular complexity index is 1460. The van der Waals surface area contributed by atoms with E-state index in [0.717, 1.165) is 64.2 Å². The van der Waals surface area contributed by atoms with Gasteiger partial charge in [-0.15, -0.1) is 12.4 Å². The lowest BCUT2D eigenvalue weighted by molar-refractivity contribution is -0.135. The van der Waals surface area contributed by atoms with Crippen molar-refractivity contribution < 1.29 is 24.2 Å². The van der Waals surface area contributed by atoms with Crippen molar-refractivity contribution in [2.75, 3.05) is 56.6 Å². The number of phenolic OH excluding ortho intramolecular Hbond substituents is 1. The SMILES string of the molecule is Cl.O=C(Nc1c(O)cc(Cl)cc1C(=O)Nc1ccc(Cl)cn1)c1ccc(C2CCCN(CCN3CCCOCC3)C2=O)cc1. The zero-order valence-corrected chi connectivity index (χ0v) is 26.3. The number of hydrogen-bond donors (Lipinski definition) is 3. The molecule has 3 heterocycles. The van der Waals surface area contributed by atoms with E-state index in [0.29, 0.717) is 17.1 Å². The molecule has 234 valence electrons. The highest BCUT2D eigenvalue weighted by molar-refractivity contribution is 6.32. The fourth-order valence-corrected chi connectivity index (χ4v) is 5.67. The maximum atomic E-state index is 13.4. The maximum Gasteiger partial charge on any atom is 0.259 e. The molecule has 2 aliphatic rings. The number of rotatable bonds is 8. The van der Waals surface area contributed by atoms with E-state index in [2.05, 4.69) is 20.5 Å². The van der Waals surface area contributed by atoms with Gasteiger partial charge in [0, 0.05) is 62.2 Å². The summed E-state index contributed by atoms with van der Waals surface area (Å²) in [7, 11) is 0. The third-order valence-corrected chi connectivity index (χ3v) is 8.08. The molecule has 0 bridgehead atoms. The van der Waals surface area contributed by atoms with Gasteiger partial charge in [0.2, 0.25) is 5.91 Å². The van der Waals surface area contributed by atoms with Crippen molar-refractivity contribution >= 4 is 64.8 Å². The fourth-order valence-electron chi connectivity index (χ4n) is 5.34. The molecule has 3 N–H and O–H groups in total. The van der Waals surface area contributed by atoms with E-state index in [9.17, 15) is 19.5 Å². The smallest absolute Gasteiger partial charge is 0.259 e. The molecule has 1 atom stereocenters. The topological polar surface area (TPSA) is 124 Å². The number of hydrogen-bond acceptors (Lipinski definition) is 7. The van der Waals surface area contributed by atoms with Crippen molar-refractivity contribution in [1.29, 1.82) is 0 Å². The van der Waals surface area contributed by atoms with Crippen LogP contribution in [0, 0.1) is 0 Å². The number of halogens is 3. The molecular weight excluding hydrogens is 629 g/mol. The molecule has 44 heavy (non-hydrogen) atoms. The number of carbonyl (C=O) groups excluding carboxylic acids is 3. The van der Waals surface area contributed by atoms with Crippen molar-refractivity contribution in [3.05, 3.63) is 81.5 Å². The van der Waals surface area contributed by atoms with Crippen LogP contribution in [0.5, 0.6) is 5.75 Å². The lowest BCUT2D eigenvalue weighted by Gasteiger charge is -2.34. The van der Waals surface area contributed by atoms with Gasteiger partial charge in [-0.3, -0.25) is 19.3 Å². The number of ether oxygens (including phenoxy) is 1. The fraction of sp³-hybridized carbons (Fsp3) is 0.355. The predicted octanol–water partition coefficient (Wildman–Crippen LogP) is 5.45. The molecule has 0 spiro atoms. The van der Waals surface area contributed by atoms with Gasteiger partial charge >= 0.3 is 0 Å². The van der Waals surface area contributed by atoms with Gasteiger partial charge in [-0.05, 0) is 55.2 Å². The molecule has 10 nitrogen and oxygen atoms in total. The first kappa shape index (κ1) is 33.5. The Morgan fingerprint density at radius 2 is 1.73 bits per heavy atom. The Labute approximate surface area is 272 Å². The summed E-state index contributed by atoms with van der Waals surface area (Å²) in [4.78, 5) is 47.9. The number of pyridine rings is 1. The molecule has 1 unspecified atom stereocenters. The summed E-state index contributed by atoms with van der Waals surface area (Å²) in [5, 5.41) is 16.3. The van der Waals surface area contributed by atoms with Crippen LogP contribution in [0.2, 0.25) is 10.0 Å². The molecule has 1 aromatic heterocycles. The van der Waals surface area contributed by atoms with Crippen LogP contribution in [0.1, 0.15) is 51.5 Å². The minimum Gasteiger partial charge on any atom is -0.506 e. The molecule has 3 aromatic rings. The zero-order valence-electron chi connectivity index (χ0n) is 23.9. The second-order valence-corrected chi connectivity index (χ2v) is 11.4. The highest BCUT2D eigenvalue weighted by Crippen LogP contribution is 2.33. The maximum absolute atomic E-state index is 13.4. The van der Waals surface area contributed by atoms with Crippen LogP contribution in [0.25, 0.3) is 0 Å². The molecule has 0 radical (unpaired) electrons. The van der Waals surface area contributed by atoms with Crippen molar-refractivity contribution in [3.63, 3.8) is 0 Å². The summed E-state index contributed by atoms with van der Waals surface area (Å²) in [6.45, 7) is 5.63. The van der Waals surface area contributed by atoms with Gasteiger partial charge in [-0.1, -0.05) is 35.3 Å². The zero-order chi connectivity index (χ0) is 30.3. The van der Waals surface area contributed by atoms with Crippen molar-refractivity contribution in [1.82, 2.24) is 14.8 Å². The normalized spacial score (nSPS) is 17.4. The molecule has 2 saturated heterocycles. The monoisotopic (exact) mass is 661 g/mol. The van der Waals surface area contributed by atoms with Gasteiger partial charge in [0.05, 0.1) is 28.8 Å². The van der Waals surface area contributed by atoms with Crippen molar-refractivity contribution in [2.45, 2.75) is 25.2 Å². The second-order valence-electron chi connectivity index (χ2n) is 10.6. The second kappa shape index (κ2) is 15.5. The number of amides is 3. The first-order chi connectivity index (χ1) is 20.8. The molecule has 3 amide bonds. The number of likely N-dealkylation sites (tertiary alicyclic amines) is 1. The molecule has 2 fully saturated rings. The minimum atomic E-state index is -0.636. The Morgan fingerprint density at radius 1 is 0.932 bits per heavy atom. The minimum absolute atomic E-state index is 0. The van der Waals surface area contributed by atoms with E-state index in [1.165, 1.54) is 24.4 Å². The number of piperidine rings is 1. The average molecular weight is 663 g/mol.